The molecule has 0 fully saturated rings. The van der Waals surface area contributed by atoms with Crippen molar-refractivity contribution in [2.45, 2.75) is 112 Å². The second kappa shape index (κ2) is 33.1. The molecule has 0 spiro atoms. The highest BCUT2D eigenvalue weighted by molar-refractivity contribution is 5.95. The topological polar surface area (TPSA) is 255 Å². The van der Waals surface area contributed by atoms with E-state index in [0.717, 1.165) is 32.6 Å². The number of aliphatic carboxylic acids is 5. The van der Waals surface area contributed by atoms with E-state index in [2.05, 4.69) is 0 Å². The van der Waals surface area contributed by atoms with Gasteiger partial charge in [-0.2, -0.15) is 0 Å². The molecule has 0 aliphatic carbocycles. The maximum atomic E-state index is 10.5. The van der Waals surface area contributed by atoms with Gasteiger partial charge in [0, 0.05) is 32.6 Å². The van der Waals surface area contributed by atoms with E-state index in [4.69, 9.17) is 30.3 Å². The van der Waals surface area contributed by atoms with Gasteiger partial charge >= 0.3 is 23.9 Å². The van der Waals surface area contributed by atoms with E-state index < -0.39 is 29.8 Å². The highest BCUT2D eigenvalue weighted by atomic mass is 16.4. The lowest BCUT2D eigenvalue weighted by atomic mass is 10.2. The minimum absolute atomic E-state index is 0.190. The molecule has 0 rings (SSSR count). The lowest BCUT2D eigenvalue weighted by Crippen LogP contribution is -2.05. The minimum Gasteiger partial charge on any atom is -0.481 e. The van der Waals surface area contributed by atoms with Crippen molar-refractivity contribution < 1.29 is 68.7 Å². The maximum absolute atomic E-state index is 10.5. The molecular formula is C26H44O14. The molecule has 0 aromatic carbocycles. The third-order valence-electron chi connectivity index (χ3n) is 3.51. The Kier molecular flexibility index (Phi) is 37.9. The Bertz CT molecular complexity index is 675. The largest absolute Gasteiger partial charge is 0.481 e. The van der Waals surface area contributed by atoms with Crippen LogP contribution in [0.5, 0.6) is 0 Å². The summed E-state index contributed by atoms with van der Waals surface area (Å²) in [5.74, 6) is -5.73. The predicted octanol–water partition coefficient (Wildman–Crippen LogP) is 3.41. The standard InChI is InChI=1S/4C6H10O3.C2H4O2/c4*1-2-3-5(7)4-6(8)9;1-2(3)4/h4*2-4H2,1H3,(H,8,9);1H3,(H,3,4). The van der Waals surface area contributed by atoms with E-state index in [1.165, 1.54) is 0 Å². The average molecular weight is 581 g/mol. The first-order valence-corrected chi connectivity index (χ1v) is 12.5. The highest BCUT2D eigenvalue weighted by Gasteiger charge is 2.06. The molecule has 232 valence electrons. The van der Waals surface area contributed by atoms with Crippen molar-refractivity contribution in [3.63, 3.8) is 0 Å². The molecule has 0 heterocycles. The summed E-state index contributed by atoms with van der Waals surface area (Å²) in [6.45, 7) is 8.47. The summed E-state index contributed by atoms with van der Waals surface area (Å²) in [6.07, 6.45) is 3.14. The van der Waals surface area contributed by atoms with E-state index >= 15 is 0 Å². The van der Waals surface area contributed by atoms with Gasteiger partial charge in [-0.05, 0) is 25.7 Å². The van der Waals surface area contributed by atoms with Crippen LogP contribution < -0.4 is 0 Å². The maximum Gasteiger partial charge on any atom is 0.310 e. The number of carboxylic acid groups (broad SMARTS) is 5. The van der Waals surface area contributed by atoms with Gasteiger partial charge in [0.05, 0.1) is 0 Å². The first-order valence-electron chi connectivity index (χ1n) is 12.5. The van der Waals surface area contributed by atoms with Gasteiger partial charge in [0.1, 0.15) is 48.8 Å². The van der Waals surface area contributed by atoms with Crippen LogP contribution in [0.2, 0.25) is 0 Å². The van der Waals surface area contributed by atoms with E-state index in [1.807, 2.05) is 27.7 Å². The van der Waals surface area contributed by atoms with Crippen LogP contribution in [0.15, 0.2) is 0 Å². The van der Waals surface area contributed by atoms with Crippen LogP contribution in [0.3, 0.4) is 0 Å². The SMILES string of the molecule is CC(=O)O.CCCC(=O)CC(=O)O.CCCC(=O)CC(=O)O.CCCC(=O)CC(=O)O.CCCC(=O)CC(=O)O. The molecule has 0 saturated carbocycles. The molecule has 0 aliphatic rings. The normalized spacial score (nSPS) is 8.72. The molecule has 0 amide bonds. The van der Waals surface area contributed by atoms with Gasteiger partial charge in [0.25, 0.3) is 5.97 Å². The molecule has 0 bridgehead atoms. The van der Waals surface area contributed by atoms with Crippen molar-refractivity contribution in [2.24, 2.45) is 0 Å². The van der Waals surface area contributed by atoms with Crippen LogP contribution in [0.4, 0.5) is 0 Å². The molecular weight excluding hydrogens is 536 g/mol. The van der Waals surface area contributed by atoms with Gasteiger partial charge in [-0.25, -0.2) is 0 Å². The molecule has 0 aliphatic heterocycles. The monoisotopic (exact) mass is 580 g/mol. The first kappa shape index (κ1) is 45.9. The molecule has 0 aromatic heterocycles. The number of hydrogen-bond donors (Lipinski definition) is 5. The lowest BCUT2D eigenvalue weighted by molar-refractivity contribution is -0.141. The van der Waals surface area contributed by atoms with Crippen LogP contribution in [-0.2, 0) is 43.2 Å². The minimum atomic E-state index is -1.03. The van der Waals surface area contributed by atoms with Gasteiger partial charge in [0.2, 0.25) is 0 Å². The fourth-order valence-electron chi connectivity index (χ4n) is 2.14. The fourth-order valence-corrected chi connectivity index (χ4v) is 2.14. The Morgan fingerprint density at radius 2 is 0.500 bits per heavy atom. The van der Waals surface area contributed by atoms with Gasteiger partial charge in [-0.15, -0.1) is 0 Å². The number of ketones is 4. The van der Waals surface area contributed by atoms with E-state index in [1.54, 1.807) is 0 Å². The molecule has 40 heavy (non-hydrogen) atoms. The van der Waals surface area contributed by atoms with Crippen LogP contribution in [0, 0.1) is 0 Å². The summed E-state index contributed by atoms with van der Waals surface area (Å²) >= 11 is 0. The second-order valence-corrected chi connectivity index (χ2v) is 7.96. The summed E-state index contributed by atoms with van der Waals surface area (Å²) in [7, 11) is 0. The van der Waals surface area contributed by atoms with Crippen molar-refractivity contribution in [1.29, 1.82) is 0 Å². The third kappa shape index (κ3) is 64.3. The summed E-state index contributed by atoms with van der Waals surface area (Å²) in [5.41, 5.74) is 0. The molecule has 0 radical (unpaired) electrons. The van der Waals surface area contributed by atoms with Crippen LogP contribution in [0.25, 0.3) is 0 Å². The van der Waals surface area contributed by atoms with Crippen molar-refractivity contribution in [3.05, 3.63) is 0 Å². The van der Waals surface area contributed by atoms with Crippen molar-refractivity contribution in [1.82, 2.24) is 0 Å². The number of rotatable bonds is 16. The Balaban J connectivity index is -0.000000130. The van der Waals surface area contributed by atoms with Gasteiger partial charge < -0.3 is 25.5 Å². The zero-order valence-electron chi connectivity index (χ0n) is 23.9. The molecule has 0 unspecified atom stereocenters. The third-order valence-corrected chi connectivity index (χ3v) is 3.51. The number of Topliss-reactive ketones (excluding diaryl/α,β-unsaturated/α-hetero) is 4. The number of carbonyl (C=O) groups is 9. The Hall–Kier alpha value is -3.97. The summed E-state index contributed by atoms with van der Waals surface area (Å²) in [6, 6.07) is 0. The Labute approximate surface area is 233 Å². The van der Waals surface area contributed by atoms with Crippen molar-refractivity contribution >= 4 is 53.0 Å². The van der Waals surface area contributed by atoms with Gasteiger partial charge in [0.15, 0.2) is 0 Å². The van der Waals surface area contributed by atoms with Crippen LogP contribution in [0.1, 0.15) is 112 Å². The number of carbonyl (C=O) groups excluding carboxylic acids is 4. The smallest absolute Gasteiger partial charge is 0.310 e. The van der Waals surface area contributed by atoms with Crippen LogP contribution in [-0.4, -0.2) is 78.5 Å². The first-order chi connectivity index (χ1) is 18.4. The zero-order valence-corrected chi connectivity index (χ0v) is 23.9. The molecule has 0 aromatic rings. The lowest BCUT2D eigenvalue weighted by Gasteiger charge is -1.90. The van der Waals surface area contributed by atoms with Crippen molar-refractivity contribution in [2.75, 3.05) is 0 Å². The summed E-state index contributed by atoms with van der Waals surface area (Å²) in [4.78, 5) is 90.3. The second-order valence-electron chi connectivity index (χ2n) is 7.96. The molecule has 0 atom stereocenters. The Morgan fingerprint density at radius 1 is 0.375 bits per heavy atom. The van der Waals surface area contributed by atoms with E-state index in [-0.39, 0.29) is 48.8 Å². The fraction of sp³-hybridized carbons (Fsp3) is 0.654. The zero-order chi connectivity index (χ0) is 32.7. The molecule has 14 nitrogen and oxygen atoms in total. The molecule has 14 heteroatoms. The Morgan fingerprint density at radius 3 is 0.575 bits per heavy atom. The van der Waals surface area contributed by atoms with Crippen LogP contribution >= 0.6 is 0 Å². The summed E-state index contributed by atoms with van der Waals surface area (Å²) in [5, 5.41) is 39.8. The van der Waals surface area contributed by atoms with E-state index in [0.29, 0.717) is 25.7 Å². The predicted molar refractivity (Wildman–Crippen MR) is 142 cm³/mol. The summed E-state index contributed by atoms with van der Waals surface area (Å²) < 4.78 is 0. The molecule has 0 saturated heterocycles. The number of hydrogen-bond acceptors (Lipinski definition) is 9. The van der Waals surface area contributed by atoms with Crippen molar-refractivity contribution in [3.8, 4) is 0 Å². The van der Waals surface area contributed by atoms with Gasteiger partial charge in [-0.1, -0.05) is 27.7 Å². The number of carboxylic acids is 5. The quantitative estimate of drug-likeness (QED) is 0.164. The highest BCUT2D eigenvalue weighted by Crippen LogP contribution is 1.95. The van der Waals surface area contributed by atoms with E-state index in [9.17, 15) is 38.4 Å². The average Bonchev–Trinajstić information content (AvgIpc) is 2.73. The van der Waals surface area contributed by atoms with Gasteiger partial charge in [-0.3, -0.25) is 43.2 Å². The molecule has 5 N–H and O–H groups in total.